The molecule has 0 saturated heterocycles. The van der Waals surface area contributed by atoms with Crippen LogP contribution in [-0.4, -0.2) is 61.9 Å². The minimum atomic E-state index is -0.378. The average Bonchev–Trinajstić information content (AvgIpc) is 2.57. The van der Waals surface area contributed by atoms with E-state index in [-0.39, 0.29) is 44.6 Å². The monoisotopic (exact) mass is 325 g/mol. The lowest BCUT2D eigenvalue weighted by Crippen LogP contribution is -2.38. The van der Waals surface area contributed by atoms with Crippen LogP contribution in [0.3, 0.4) is 0 Å². The molecule has 0 unspecified atom stereocenters. The molecule has 1 N–H and O–H groups in total. The number of amides is 1. The zero-order chi connectivity index (χ0) is 17.1. The van der Waals surface area contributed by atoms with Gasteiger partial charge in [-0.15, -0.1) is 0 Å². The fourth-order valence-corrected chi connectivity index (χ4v) is 1.87. The molecule has 7 nitrogen and oxygen atoms in total. The van der Waals surface area contributed by atoms with E-state index in [1.54, 1.807) is 38.3 Å². The maximum atomic E-state index is 12.1. The number of carbonyl (C=O) groups is 2. The summed E-state index contributed by atoms with van der Waals surface area (Å²) in [7, 11) is 1.54. The van der Waals surface area contributed by atoms with E-state index >= 15 is 0 Å². The van der Waals surface area contributed by atoms with Gasteiger partial charge in [0, 0.05) is 19.2 Å². The Morgan fingerprint density at radius 1 is 1.22 bits per heavy atom. The van der Waals surface area contributed by atoms with Gasteiger partial charge < -0.3 is 24.2 Å². The Bertz CT molecular complexity index is 505. The first kappa shape index (κ1) is 18.8. The van der Waals surface area contributed by atoms with Gasteiger partial charge in [0.2, 0.25) is 0 Å². The predicted octanol–water partition coefficient (Wildman–Crippen LogP) is 0.848. The first-order valence-corrected chi connectivity index (χ1v) is 7.41. The number of rotatable bonds is 10. The second-order valence-corrected chi connectivity index (χ2v) is 4.63. The summed E-state index contributed by atoms with van der Waals surface area (Å²) in [6, 6.07) is 6.91. The molecular formula is C16H23NO6. The lowest BCUT2D eigenvalue weighted by atomic mass is 10.3. The summed E-state index contributed by atoms with van der Waals surface area (Å²) in [5.74, 6) is 0.444. The van der Waals surface area contributed by atoms with E-state index in [1.165, 1.54) is 4.90 Å². The molecule has 1 amide bonds. The van der Waals surface area contributed by atoms with Crippen molar-refractivity contribution in [2.75, 3.05) is 40.0 Å². The third-order valence-electron chi connectivity index (χ3n) is 3.02. The number of hydrogen-bond donors (Lipinski definition) is 1. The van der Waals surface area contributed by atoms with Crippen LogP contribution >= 0.6 is 0 Å². The lowest BCUT2D eigenvalue weighted by molar-refractivity contribution is -0.144. The number of nitrogens with zero attached hydrogens (tertiary/aromatic N) is 1. The maximum Gasteiger partial charge on any atom is 0.307 e. The Morgan fingerprint density at radius 3 is 2.61 bits per heavy atom. The standard InChI is InChI=1S/C16H23NO6/c1-3-22-16(20)7-8-17(9-10-18)15(19)12-23-14-6-4-5-13(11-14)21-2/h4-6,11,18H,3,7-10,12H2,1-2H3. The van der Waals surface area contributed by atoms with Crippen LogP contribution in [-0.2, 0) is 14.3 Å². The Labute approximate surface area is 135 Å². The highest BCUT2D eigenvalue weighted by atomic mass is 16.5. The van der Waals surface area contributed by atoms with Gasteiger partial charge in [-0.3, -0.25) is 9.59 Å². The number of esters is 1. The molecule has 0 heterocycles. The molecule has 1 aromatic carbocycles. The molecule has 1 aromatic rings. The number of benzene rings is 1. The van der Waals surface area contributed by atoms with Crippen LogP contribution in [0.15, 0.2) is 24.3 Å². The molecule has 128 valence electrons. The zero-order valence-electron chi connectivity index (χ0n) is 13.5. The van der Waals surface area contributed by atoms with E-state index in [9.17, 15) is 9.59 Å². The Morgan fingerprint density at radius 2 is 1.96 bits per heavy atom. The SMILES string of the molecule is CCOC(=O)CCN(CCO)C(=O)COc1cccc(OC)c1. The fourth-order valence-electron chi connectivity index (χ4n) is 1.87. The smallest absolute Gasteiger partial charge is 0.307 e. The van der Waals surface area contributed by atoms with Crippen molar-refractivity contribution in [3.63, 3.8) is 0 Å². The molecule has 0 bridgehead atoms. The second kappa shape index (κ2) is 10.4. The number of methoxy groups -OCH3 is 1. The van der Waals surface area contributed by atoms with Crippen molar-refractivity contribution in [1.82, 2.24) is 4.90 Å². The van der Waals surface area contributed by atoms with Crippen LogP contribution in [0, 0.1) is 0 Å². The van der Waals surface area contributed by atoms with Crippen LogP contribution in [0.25, 0.3) is 0 Å². The van der Waals surface area contributed by atoms with Gasteiger partial charge in [0.25, 0.3) is 5.91 Å². The van der Waals surface area contributed by atoms with Crippen molar-refractivity contribution in [3.05, 3.63) is 24.3 Å². The van der Waals surface area contributed by atoms with Gasteiger partial charge in [0.1, 0.15) is 11.5 Å². The van der Waals surface area contributed by atoms with Gasteiger partial charge in [-0.2, -0.15) is 0 Å². The second-order valence-electron chi connectivity index (χ2n) is 4.63. The van der Waals surface area contributed by atoms with Crippen LogP contribution in [0.4, 0.5) is 0 Å². The van der Waals surface area contributed by atoms with E-state index in [2.05, 4.69) is 0 Å². The molecular weight excluding hydrogens is 302 g/mol. The third kappa shape index (κ3) is 7.01. The quantitative estimate of drug-likeness (QED) is 0.642. The highest BCUT2D eigenvalue weighted by molar-refractivity contribution is 5.78. The van der Waals surface area contributed by atoms with Crippen LogP contribution in [0.1, 0.15) is 13.3 Å². The van der Waals surface area contributed by atoms with Gasteiger partial charge in [-0.05, 0) is 19.1 Å². The van der Waals surface area contributed by atoms with E-state index in [0.717, 1.165) is 0 Å². The van der Waals surface area contributed by atoms with Crippen LogP contribution < -0.4 is 9.47 Å². The normalized spacial score (nSPS) is 10.0. The lowest BCUT2D eigenvalue weighted by Gasteiger charge is -2.21. The summed E-state index contributed by atoms with van der Waals surface area (Å²) in [5, 5.41) is 9.04. The molecule has 0 atom stereocenters. The van der Waals surface area contributed by atoms with E-state index in [1.807, 2.05) is 0 Å². The van der Waals surface area contributed by atoms with Gasteiger partial charge >= 0.3 is 5.97 Å². The third-order valence-corrected chi connectivity index (χ3v) is 3.02. The van der Waals surface area contributed by atoms with Gasteiger partial charge in [-0.1, -0.05) is 6.07 Å². The molecule has 0 aromatic heterocycles. The molecule has 0 aliphatic carbocycles. The Balaban J connectivity index is 2.51. The fraction of sp³-hybridized carbons (Fsp3) is 0.500. The predicted molar refractivity (Wildman–Crippen MR) is 83.4 cm³/mol. The van der Waals surface area contributed by atoms with Gasteiger partial charge in [0.15, 0.2) is 6.61 Å². The highest BCUT2D eigenvalue weighted by Gasteiger charge is 2.15. The molecule has 0 spiro atoms. The molecule has 0 radical (unpaired) electrons. The number of aliphatic hydroxyl groups excluding tert-OH is 1. The summed E-state index contributed by atoms with van der Waals surface area (Å²) in [5.41, 5.74) is 0. The van der Waals surface area contributed by atoms with Crippen molar-refractivity contribution in [3.8, 4) is 11.5 Å². The Hall–Kier alpha value is -2.28. The van der Waals surface area contributed by atoms with E-state index in [4.69, 9.17) is 19.3 Å². The molecule has 0 saturated carbocycles. The molecule has 23 heavy (non-hydrogen) atoms. The number of ether oxygens (including phenoxy) is 3. The molecule has 0 fully saturated rings. The Kier molecular flexibility index (Phi) is 8.52. The number of carbonyl (C=O) groups excluding carboxylic acids is 2. The van der Waals surface area contributed by atoms with Crippen LogP contribution in [0.2, 0.25) is 0 Å². The maximum absolute atomic E-state index is 12.1. The van der Waals surface area contributed by atoms with Gasteiger partial charge in [-0.25, -0.2) is 0 Å². The first-order chi connectivity index (χ1) is 11.1. The van der Waals surface area contributed by atoms with Crippen molar-refractivity contribution in [2.45, 2.75) is 13.3 Å². The summed E-state index contributed by atoms with van der Waals surface area (Å²) in [6.07, 6.45) is 0.0821. The van der Waals surface area contributed by atoms with Gasteiger partial charge in [0.05, 0.1) is 26.7 Å². The number of hydrogen-bond acceptors (Lipinski definition) is 6. The highest BCUT2D eigenvalue weighted by Crippen LogP contribution is 2.18. The topological polar surface area (TPSA) is 85.3 Å². The summed E-state index contributed by atoms with van der Waals surface area (Å²) < 4.78 is 15.3. The van der Waals surface area contributed by atoms with Crippen molar-refractivity contribution in [2.24, 2.45) is 0 Å². The van der Waals surface area contributed by atoms with E-state index < -0.39 is 0 Å². The minimum Gasteiger partial charge on any atom is -0.497 e. The van der Waals surface area contributed by atoms with E-state index in [0.29, 0.717) is 18.1 Å². The molecule has 1 rings (SSSR count). The molecule has 0 aliphatic heterocycles. The molecule has 7 heteroatoms. The van der Waals surface area contributed by atoms with Crippen LogP contribution in [0.5, 0.6) is 11.5 Å². The summed E-state index contributed by atoms with van der Waals surface area (Å²) >= 11 is 0. The van der Waals surface area contributed by atoms with Crippen molar-refractivity contribution >= 4 is 11.9 Å². The van der Waals surface area contributed by atoms with Crippen molar-refractivity contribution < 1.29 is 28.9 Å². The zero-order valence-corrected chi connectivity index (χ0v) is 13.5. The summed E-state index contributed by atoms with van der Waals surface area (Å²) in [6.45, 7) is 1.96. The average molecular weight is 325 g/mol. The van der Waals surface area contributed by atoms with Crippen molar-refractivity contribution in [1.29, 1.82) is 0 Å². The number of aliphatic hydroxyl groups is 1. The molecule has 0 aliphatic rings. The first-order valence-electron chi connectivity index (χ1n) is 7.41. The summed E-state index contributed by atoms with van der Waals surface area (Å²) in [4.78, 5) is 24.9. The largest absolute Gasteiger partial charge is 0.497 e. The minimum absolute atomic E-state index is 0.0821.